The summed E-state index contributed by atoms with van der Waals surface area (Å²) in [7, 11) is 0. The van der Waals surface area contributed by atoms with Gasteiger partial charge < -0.3 is 10.1 Å². The number of benzene rings is 1. The van der Waals surface area contributed by atoms with E-state index in [-0.39, 0.29) is 0 Å². The molecule has 1 heterocycles. The minimum absolute atomic E-state index is 1.07. The third-order valence-electron chi connectivity index (χ3n) is 1.69. The van der Waals surface area contributed by atoms with Gasteiger partial charge in [0.2, 0.25) is 0 Å². The average Bonchev–Trinajstić information content (AvgIpc) is 2.65. The van der Waals surface area contributed by atoms with Gasteiger partial charge in [0.1, 0.15) is 0 Å². The Labute approximate surface area is 87.7 Å². The van der Waals surface area contributed by atoms with Gasteiger partial charge >= 0.3 is 5.97 Å². The second-order valence-electron chi connectivity index (χ2n) is 2.75. The molecule has 3 heteroatoms. The van der Waals surface area contributed by atoms with E-state index in [0.29, 0.717) is 0 Å². The molecule has 0 saturated heterocycles. The number of hydrogen-bond donors (Lipinski definition) is 2. The second-order valence-corrected chi connectivity index (χ2v) is 2.75. The molecule has 3 nitrogen and oxygen atoms in total. The molecule has 2 rings (SSSR count). The number of aliphatic carboxylic acids is 1. The number of carboxylic acids is 1. The number of rotatable bonds is 0. The highest BCUT2D eigenvalue weighted by Crippen LogP contribution is 2.09. The molecule has 0 bridgehead atoms. The summed E-state index contributed by atoms with van der Waals surface area (Å²) >= 11 is 0. The first kappa shape index (κ1) is 10.9. The van der Waals surface area contributed by atoms with Crippen molar-refractivity contribution in [3.8, 4) is 11.8 Å². The largest absolute Gasteiger partial charge is 0.472 e. The average molecular weight is 201 g/mol. The Morgan fingerprint density at radius 1 is 1.33 bits per heavy atom. The van der Waals surface area contributed by atoms with Crippen molar-refractivity contribution in [2.45, 2.75) is 6.92 Å². The molecule has 0 spiro atoms. The van der Waals surface area contributed by atoms with E-state index in [2.05, 4.69) is 29.1 Å². The molecule has 0 aliphatic carbocycles. The number of carbonyl (C=O) groups is 1. The summed E-state index contributed by atoms with van der Waals surface area (Å²) in [6, 6.07) is 10.3. The van der Waals surface area contributed by atoms with Crippen molar-refractivity contribution >= 4 is 16.9 Å². The van der Waals surface area contributed by atoms with Crippen LogP contribution in [-0.4, -0.2) is 16.1 Å². The van der Waals surface area contributed by atoms with Gasteiger partial charge in [-0.15, -0.1) is 0 Å². The summed E-state index contributed by atoms with van der Waals surface area (Å²) in [6.45, 7) is 1.48. The van der Waals surface area contributed by atoms with Gasteiger partial charge in [-0.3, -0.25) is 0 Å². The molecule has 0 aliphatic rings. The quantitative estimate of drug-likeness (QED) is 0.642. The van der Waals surface area contributed by atoms with Gasteiger partial charge in [-0.05, 0) is 24.4 Å². The third-order valence-corrected chi connectivity index (χ3v) is 1.69. The number of para-hydroxylation sites is 1. The Morgan fingerprint density at radius 3 is 2.60 bits per heavy atom. The molecule has 76 valence electrons. The molecule has 0 amide bonds. The van der Waals surface area contributed by atoms with Crippen molar-refractivity contribution in [2.75, 3.05) is 0 Å². The van der Waals surface area contributed by atoms with Crippen LogP contribution in [0.25, 0.3) is 10.9 Å². The first-order valence-electron chi connectivity index (χ1n) is 4.42. The van der Waals surface area contributed by atoms with E-state index in [1.165, 1.54) is 17.8 Å². The van der Waals surface area contributed by atoms with Crippen molar-refractivity contribution < 1.29 is 9.90 Å². The Morgan fingerprint density at radius 2 is 2.07 bits per heavy atom. The van der Waals surface area contributed by atoms with E-state index in [9.17, 15) is 4.79 Å². The fourth-order valence-corrected chi connectivity index (χ4v) is 1.10. The molecule has 0 saturated carbocycles. The van der Waals surface area contributed by atoms with E-state index in [1.807, 2.05) is 24.3 Å². The van der Waals surface area contributed by atoms with E-state index >= 15 is 0 Å². The summed E-state index contributed by atoms with van der Waals surface area (Å²) in [4.78, 5) is 12.5. The Kier molecular flexibility index (Phi) is 3.99. The minimum atomic E-state index is -1.07. The normalized spacial score (nSPS) is 8.33. The molecule has 0 radical (unpaired) electrons. The van der Waals surface area contributed by atoms with Gasteiger partial charge in [0.15, 0.2) is 0 Å². The van der Waals surface area contributed by atoms with Crippen LogP contribution in [0.5, 0.6) is 0 Å². The van der Waals surface area contributed by atoms with Crippen molar-refractivity contribution in [3.05, 3.63) is 36.5 Å². The number of carboxylic acid groups (broad SMARTS) is 1. The highest BCUT2D eigenvalue weighted by molar-refractivity contribution is 5.86. The highest BCUT2D eigenvalue weighted by atomic mass is 16.4. The van der Waals surface area contributed by atoms with Gasteiger partial charge in [0.25, 0.3) is 0 Å². The molecular weight excluding hydrogens is 190 g/mol. The lowest BCUT2D eigenvalue weighted by Gasteiger charge is -1.83. The maximum absolute atomic E-state index is 9.43. The van der Waals surface area contributed by atoms with Crippen molar-refractivity contribution in [1.29, 1.82) is 0 Å². The number of hydrogen-bond acceptors (Lipinski definition) is 1. The number of aromatic amines is 1. The molecule has 0 fully saturated rings. The zero-order valence-corrected chi connectivity index (χ0v) is 8.32. The van der Waals surface area contributed by atoms with Crippen LogP contribution in [0.4, 0.5) is 0 Å². The van der Waals surface area contributed by atoms with Crippen molar-refractivity contribution in [2.24, 2.45) is 0 Å². The van der Waals surface area contributed by atoms with Gasteiger partial charge in [0.05, 0.1) is 0 Å². The first-order chi connectivity index (χ1) is 7.24. The molecule has 2 aromatic rings. The summed E-state index contributed by atoms with van der Waals surface area (Å²) in [5.74, 6) is 3.02. The van der Waals surface area contributed by atoms with Gasteiger partial charge in [-0.25, -0.2) is 4.79 Å². The van der Waals surface area contributed by atoms with E-state index in [4.69, 9.17) is 5.11 Å². The molecule has 0 aliphatic heterocycles. The monoisotopic (exact) mass is 201 g/mol. The van der Waals surface area contributed by atoms with Crippen LogP contribution in [0.3, 0.4) is 0 Å². The van der Waals surface area contributed by atoms with Gasteiger partial charge in [-0.2, -0.15) is 0 Å². The van der Waals surface area contributed by atoms with Crippen LogP contribution in [0.2, 0.25) is 0 Å². The van der Waals surface area contributed by atoms with Crippen LogP contribution in [0.1, 0.15) is 6.92 Å². The summed E-state index contributed by atoms with van der Waals surface area (Å²) < 4.78 is 0. The topological polar surface area (TPSA) is 53.1 Å². The van der Waals surface area contributed by atoms with E-state index in [0.717, 1.165) is 0 Å². The molecule has 1 aromatic heterocycles. The predicted octanol–water partition coefficient (Wildman–Crippen LogP) is 2.26. The maximum Gasteiger partial charge on any atom is 0.381 e. The summed E-state index contributed by atoms with van der Waals surface area (Å²) in [5, 5.41) is 9.02. The fraction of sp³-hybridized carbons (Fsp3) is 0.0833. The molecule has 1 aromatic carbocycles. The number of fused-ring (bicyclic) bond motifs is 1. The molecule has 15 heavy (non-hydrogen) atoms. The van der Waals surface area contributed by atoms with Crippen molar-refractivity contribution in [1.82, 2.24) is 4.98 Å². The van der Waals surface area contributed by atoms with Crippen LogP contribution >= 0.6 is 0 Å². The fourth-order valence-electron chi connectivity index (χ4n) is 1.10. The zero-order valence-electron chi connectivity index (χ0n) is 8.32. The number of nitrogens with one attached hydrogen (secondary N) is 1. The van der Waals surface area contributed by atoms with Crippen LogP contribution in [0, 0.1) is 11.8 Å². The molecule has 2 N–H and O–H groups in total. The summed E-state index contributed by atoms with van der Waals surface area (Å²) in [6.07, 6.45) is 1.95. The third kappa shape index (κ3) is 3.57. The lowest BCUT2D eigenvalue weighted by molar-refractivity contribution is -0.130. The van der Waals surface area contributed by atoms with Crippen LogP contribution < -0.4 is 0 Å². The lowest BCUT2D eigenvalue weighted by Crippen LogP contribution is -1.84. The second kappa shape index (κ2) is 5.51. The van der Waals surface area contributed by atoms with Gasteiger partial charge in [0, 0.05) is 17.6 Å². The smallest absolute Gasteiger partial charge is 0.381 e. The van der Waals surface area contributed by atoms with Crippen molar-refractivity contribution in [3.63, 3.8) is 0 Å². The zero-order chi connectivity index (χ0) is 11.1. The molecule has 0 unspecified atom stereocenters. The maximum atomic E-state index is 9.43. The minimum Gasteiger partial charge on any atom is -0.472 e. The Balaban J connectivity index is 0.000000167. The van der Waals surface area contributed by atoms with Crippen LogP contribution in [-0.2, 0) is 4.79 Å². The van der Waals surface area contributed by atoms with Crippen LogP contribution in [0.15, 0.2) is 36.5 Å². The Bertz CT molecular complexity index is 473. The highest BCUT2D eigenvalue weighted by Gasteiger charge is 1.86. The van der Waals surface area contributed by atoms with E-state index < -0.39 is 5.97 Å². The number of aromatic nitrogens is 1. The molecular formula is C12H11NO2. The number of H-pyrrole nitrogens is 1. The lowest BCUT2D eigenvalue weighted by atomic mass is 10.3. The SMILES string of the molecule is CC#CC(=O)O.c1ccc2[nH]ccc2c1. The van der Waals surface area contributed by atoms with Gasteiger partial charge in [-0.1, -0.05) is 24.1 Å². The molecule has 0 atom stereocenters. The summed E-state index contributed by atoms with van der Waals surface area (Å²) in [5.41, 5.74) is 1.21. The Hall–Kier alpha value is -2.21. The standard InChI is InChI=1S/C8H7N.C4H4O2/c1-2-4-8-7(3-1)5-6-9-8;1-2-3-4(5)6/h1-6,9H;1H3,(H,5,6). The first-order valence-corrected chi connectivity index (χ1v) is 4.42. The predicted molar refractivity (Wildman–Crippen MR) is 59.4 cm³/mol. The van der Waals surface area contributed by atoms with E-state index in [1.54, 1.807) is 0 Å².